The summed E-state index contributed by atoms with van der Waals surface area (Å²) < 4.78 is 32.9. The molecule has 1 atom stereocenters. The van der Waals surface area contributed by atoms with Crippen molar-refractivity contribution in [2.24, 2.45) is 0 Å². The number of para-hydroxylation sites is 1. The van der Waals surface area contributed by atoms with Gasteiger partial charge < -0.3 is 9.73 Å². The fraction of sp³-hybridized carbons (Fsp3) is 0.263. The monoisotopic (exact) mass is 419 g/mol. The van der Waals surface area contributed by atoms with Crippen LogP contribution >= 0.6 is 11.6 Å². The summed E-state index contributed by atoms with van der Waals surface area (Å²) in [5.41, 5.74) is 1.29. The lowest BCUT2D eigenvalue weighted by Gasteiger charge is -2.22. The molecule has 3 aromatic rings. The number of amides is 1. The van der Waals surface area contributed by atoms with E-state index in [1.165, 1.54) is 10.4 Å². The highest BCUT2D eigenvalue weighted by atomic mass is 35.5. The maximum Gasteiger partial charge on any atom is 0.277 e. The van der Waals surface area contributed by atoms with E-state index in [4.69, 9.17) is 16.0 Å². The van der Waals surface area contributed by atoms with Crippen LogP contribution in [0.4, 0.5) is 0 Å². The van der Waals surface area contributed by atoms with Crippen molar-refractivity contribution in [1.82, 2.24) is 14.6 Å². The normalized spacial score (nSPS) is 17.8. The van der Waals surface area contributed by atoms with E-state index in [9.17, 15) is 13.2 Å². The smallest absolute Gasteiger partial charge is 0.277 e. The lowest BCUT2D eigenvalue weighted by molar-refractivity contribution is -0.124. The zero-order valence-electron chi connectivity index (χ0n) is 14.8. The van der Waals surface area contributed by atoms with Gasteiger partial charge in [0.25, 0.3) is 10.0 Å². The summed E-state index contributed by atoms with van der Waals surface area (Å²) in [6, 6.07) is 11.2. The molecule has 0 spiro atoms. The van der Waals surface area contributed by atoms with Crippen LogP contribution in [0.15, 0.2) is 58.2 Å². The van der Waals surface area contributed by atoms with Crippen LogP contribution in [0.3, 0.4) is 0 Å². The van der Waals surface area contributed by atoms with Gasteiger partial charge >= 0.3 is 0 Å². The first-order valence-electron chi connectivity index (χ1n) is 8.84. The Morgan fingerprint density at radius 2 is 2.11 bits per heavy atom. The van der Waals surface area contributed by atoms with Gasteiger partial charge in [0.15, 0.2) is 0 Å². The summed E-state index contributed by atoms with van der Waals surface area (Å²) >= 11 is 5.85. The molecule has 1 fully saturated rings. The summed E-state index contributed by atoms with van der Waals surface area (Å²) in [5.74, 6) is -0.342. The maximum absolute atomic E-state index is 13.1. The van der Waals surface area contributed by atoms with Gasteiger partial charge in [0, 0.05) is 30.7 Å². The first kappa shape index (κ1) is 18.9. The Bertz CT molecular complexity index is 1100. The SMILES string of the molecule is O=C(NCc1ccnc(Cl)c1)[C@@H]1CCCN1S(=O)(=O)c1cc2ccccc2o1. The lowest BCUT2D eigenvalue weighted by Crippen LogP contribution is -2.45. The number of nitrogens with zero attached hydrogens (tertiary/aromatic N) is 2. The molecule has 7 nitrogen and oxygen atoms in total. The first-order valence-corrected chi connectivity index (χ1v) is 10.7. The molecule has 3 heterocycles. The molecule has 146 valence electrons. The van der Waals surface area contributed by atoms with Crippen molar-refractivity contribution in [1.29, 1.82) is 0 Å². The molecule has 1 aliphatic rings. The number of benzene rings is 1. The minimum atomic E-state index is -3.91. The Balaban J connectivity index is 1.52. The molecule has 0 bridgehead atoms. The molecule has 1 aliphatic heterocycles. The van der Waals surface area contributed by atoms with Crippen LogP contribution in [0.5, 0.6) is 0 Å². The average Bonchev–Trinajstić information content (AvgIpc) is 3.34. The quantitative estimate of drug-likeness (QED) is 0.642. The van der Waals surface area contributed by atoms with Gasteiger partial charge in [-0.15, -0.1) is 0 Å². The average molecular weight is 420 g/mol. The van der Waals surface area contributed by atoms with Crippen molar-refractivity contribution >= 4 is 38.5 Å². The Morgan fingerprint density at radius 1 is 1.29 bits per heavy atom. The number of carbonyl (C=O) groups excluding carboxylic acids is 1. The number of hydrogen-bond donors (Lipinski definition) is 1. The highest BCUT2D eigenvalue weighted by molar-refractivity contribution is 7.89. The Morgan fingerprint density at radius 3 is 2.89 bits per heavy atom. The largest absolute Gasteiger partial charge is 0.443 e. The van der Waals surface area contributed by atoms with Crippen molar-refractivity contribution in [2.45, 2.75) is 30.5 Å². The molecule has 0 aliphatic carbocycles. The van der Waals surface area contributed by atoms with Crippen LogP contribution < -0.4 is 5.32 Å². The van der Waals surface area contributed by atoms with E-state index in [2.05, 4.69) is 10.3 Å². The van der Waals surface area contributed by atoms with Gasteiger partial charge in [0.1, 0.15) is 16.8 Å². The summed E-state index contributed by atoms with van der Waals surface area (Å²) in [6.45, 7) is 0.522. The maximum atomic E-state index is 13.1. The lowest BCUT2D eigenvalue weighted by atomic mass is 10.2. The van der Waals surface area contributed by atoms with Crippen LogP contribution in [0.1, 0.15) is 18.4 Å². The second kappa shape index (κ2) is 7.54. The first-order chi connectivity index (χ1) is 13.4. The van der Waals surface area contributed by atoms with Gasteiger partial charge in [-0.25, -0.2) is 13.4 Å². The zero-order chi connectivity index (χ0) is 19.7. The predicted molar refractivity (Wildman–Crippen MR) is 104 cm³/mol. The molecular formula is C19H18ClN3O4S. The molecule has 28 heavy (non-hydrogen) atoms. The summed E-state index contributed by atoms with van der Waals surface area (Å²) in [5, 5.41) is 3.68. The van der Waals surface area contributed by atoms with Gasteiger partial charge in [-0.1, -0.05) is 29.8 Å². The van der Waals surface area contributed by atoms with E-state index in [0.29, 0.717) is 29.0 Å². The Kier molecular flexibility index (Phi) is 5.09. The fourth-order valence-electron chi connectivity index (χ4n) is 3.35. The summed E-state index contributed by atoms with van der Waals surface area (Å²) in [7, 11) is -3.91. The van der Waals surface area contributed by atoms with Crippen LogP contribution in [0.2, 0.25) is 5.15 Å². The zero-order valence-corrected chi connectivity index (χ0v) is 16.4. The number of carbonyl (C=O) groups is 1. The highest BCUT2D eigenvalue weighted by Gasteiger charge is 2.40. The predicted octanol–water partition coefficient (Wildman–Crippen LogP) is 2.95. The van der Waals surface area contributed by atoms with Crippen molar-refractivity contribution in [2.75, 3.05) is 6.54 Å². The molecule has 0 saturated carbocycles. The Hall–Kier alpha value is -2.42. The van der Waals surface area contributed by atoms with Gasteiger partial charge in [-0.05, 0) is 36.6 Å². The van der Waals surface area contributed by atoms with E-state index < -0.39 is 16.1 Å². The number of hydrogen-bond acceptors (Lipinski definition) is 5. The van der Waals surface area contributed by atoms with Crippen molar-refractivity contribution in [3.8, 4) is 0 Å². The van der Waals surface area contributed by atoms with Crippen LogP contribution in [-0.4, -0.2) is 36.2 Å². The molecule has 1 aromatic carbocycles. The van der Waals surface area contributed by atoms with Crippen molar-refractivity contribution in [3.05, 3.63) is 59.4 Å². The van der Waals surface area contributed by atoms with E-state index in [1.54, 1.807) is 36.5 Å². The molecular weight excluding hydrogens is 402 g/mol. The third kappa shape index (κ3) is 3.63. The minimum Gasteiger partial charge on any atom is -0.443 e. The molecule has 9 heteroatoms. The third-order valence-electron chi connectivity index (χ3n) is 4.73. The van der Waals surface area contributed by atoms with Crippen LogP contribution in [-0.2, 0) is 21.4 Å². The van der Waals surface area contributed by atoms with E-state index in [1.807, 2.05) is 6.07 Å². The molecule has 0 unspecified atom stereocenters. The number of fused-ring (bicyclic) bond motifs is 1. The fourth-order valence-corrected chi connectivity index (χ4v) is 5.15. The van der Waals surface area contributed by atoms with Crippen LogP contribution in [0.25, 0.3) is 11.0 Å². The standard InChI is InChI=1S/C19H18ClN3O4S/c20-17-10-13(7-8-21-17)12-22-19(24)15-5-3-9-23(15)28(25,26)18-11-14-4-1-2-6-16(14)27-18/h1-2,4,6-8,10-11,15H,3,5,9,12H2,(H,22,24)/t15-/m0/s1. The van der Waals surface area contributed by atoms with E-state index in [0.717, 1.165) is 5.56 Å². The van der Waals surface area contributed by atoms with Gasteiger partial charge in [-0.3, -0.25) is 4.79 Å². The summed E-state index contributed by atoms with van der Waals surface area (Å²) in [6.07, 6.45) is 2.62. The van der Waals surface area contributed by atoms with E-state index >= 15 is 0 Å². The number of pyridine rings is 1. The van der Waals surface area contributed by atoms with Crippen molar-refractivity contribution in [3.63, 3.8) is 0 Å². The number of halogens is 1. The number of rotatable bonds is 5. The molecule has 4 rings (SSSR count). The van der Waals surface area contributed by atoms with Gasteiger partial charge in [0.2, 0.25) is 11.0 Å². The Labute approximate surface area is 167 Å². The minimum absolute atomic E-state index is 0.144. The molecule has 2 aromatic heterocycles. The van der Waals surface area contributed by atoms with E-state index in [-0.39, 0.29) is 24.1 Å². The number of nitrogens with one attached hydrogen (secondary N) is 1. The van der Waals surface area contributed by atoms with Crippen LogP contribution in [0, 0.1) is 0 Å². The number of furan rings is 1. The topological polar surface area (TPSA) is 92.5 Å². The van der Waals surface area contributed by atoms with Gasteiger partial charge in [-0.2, -0.15) is 4.31 Å². The molecule has 1 amide bonds. The second-order valence-corrected chi connectivity index (χ2v) is 8.79. The summed E-state index contributed by atoms with van der Waals surface area (Å²) in [4.78, 5) is 16.6. The molecule has 0 radical (unpaired) electrons. The number of sulfonamides is 1. The second-order valence-electron chi connectivity index (χ2n) is 6.58. The van der Waals surface area contributed by atoms with Gasteiger partial charge in [0.05, 0.1) is 0 Å². The third-order valence-corrected chi connectivity index (χ3v) is 6.70. The number of aromatic nitrogens is 1. The van der Waals surface area contributed by atoms with Crippen molar-refractivity contribution < 1.29 is 17.6 Å². The molecule has 1 N–H and O–H groups in total. The molecule has 1 saturated heterocycles. The highest BCUT2D eigenvalue weighted by Crippen LogP contribution is 2.30.